The first-order chi connectivity index (χ1) is 15.2. The fraction of sp³-hybridized carbons (Fsp3) is 0.125. The van der Waals surface area contributed by atoms with Gasteiger partial charge in [0.2, 0.25) is 5.91 Å². The van der Waals surface area contributed by atoms with Gasteiger partial charge < -0.3 is 5.32 Å². The summed E-state index contributed by atoms with van der Waals surface area (Å²) in [6, 6.07) is 19.6. The molecule has 4 aromatic rings. The number of terminal acetylenes is 1. The molecule has 2 aromatic carbocycles. The van der Waals surface area contributed by atoms with Crippen LogP contribution in [0.25, 0.3) is 21.3 Å². The largest absolute Gasteiger partial charge is 0.344 e. The van der Waals surface area contributed by atoms with Gasteiger partial charge in [-0.15, -0.1) is 17.8 Å². The van der Waals surface area contributed by atoms with Gasteiger partial charge in [0, 0.05) is 10.9 Å². The van der Waals surface area contributed by atoms with Crippen LogP contribution in [0.5, 0.6) is 0 Å². The minimum atomic E-state index is -0.195. The highest BCUT2D eigenvalue weighted by Gasteiger charge is 2.18. The van der Waals surface area contributed by atoms with E-state index in [4.69, 9.17) is 11.4 Å². The molecular formula is C24H19N3O2S2. The maximum Gasteiger partial charge on any atom is 0.263 e. The number of nitrogens with zero attached hydrogens (tertiary/aromatic N) is 2. The normalized spacial score (nSPS) is 10.7. The second-order valence-corrected chi connectivity index (χ2v) is 8.54. The SMILES string of the molecule is C#CCNC(=O)CSc1nc2scc(-c3ccccc3)c2c(=O)n1Cc1ccccc1. The molecule has 0 saturated heterocycles. The summed E-state index contributed by atoms with van der Waals surface area (Å²) in [5.41, 5.74) is 2.73. The van der Waals surface area contributed by atoms with Crippen LogP contribution in [-0.4, -0.2) is 27.8 Å². The third kappa shape index (κ3) is 4.71. The highest BCUT2D eigenvalue weighted by molar-refractivity contribution is 7.99. The van der Waals surface area contributed by atoms with E-state index >= 15 is 0 Å². The van der Waals surface area contributed by atoms with Crippen molar-refractivity contribution in [3.63, 3.8) is 0 Å². The number of hydrogen-bond acceptors (Lipinski definition) is 5. The summed E-state index contributed by atoms with van der Waals surface area (Å²) >= 11 is 2.67. The van der Waals surface area contributed by atoms with Crippen molar-refractivity contribution in [2.24, 2.45) is 0 Å². The fourth-order valence-corrected chi connectivity index (χ4v) is 5.00. The summed E-state index contributed by atoms with van der Waals surface area (Å²) in [7, 11) is 0. The summed E-state index contributed by atoms with van der Waals surface area (Å²) in [6.45, 7) is 0.551. The van der Waals surface area contributed by atoms with Crippen molar-refractivity contribution < 1.29 is 4.79 Å². The molecule has 1 amide bonds. The van der Waals surface area contributed by atoms with Crippen LogP contribution < -0.4 is 10.9 Å². The highest BCUT2D eigenvalue weighted by atomic mass is 32.2. The first-order valence-corrected chi connectivity index (χ1v) is 11.5. The van der Waals surface area contributed by atoms with Gasteiger partial charge in [-0.05, 0) is 11.1 Å². The molecule has 0 unspecified atom stereocenters. The summed E-state index contributed by atoms with van der Waals surface area (Å²) in [5.74, 6) is 2.32. The number of carbonyl (C=O) groups excluding carboxylic acids is 1. The lowest BCUT2D eigenvalue weighted by Crippen LogP contribution is -2.27. The van der Waals surface area contributed by atoms with Gasteiger partial charge in [0.05, 0.1) is 24.2 Å². The Kier molecular flexibility index (Phi) is 6.51. The number of benzene rings is 2. The Morgan fingerprint density at radius 2 is 1.84 bits per heavy atom. The van der Waals surface area contributed by atoms with Crippen LogP contribution in [0, 0.1) is 12.3 Å². The molecule has 4 rings (SSSR count). The predicted octanol–water partition coefficient (Wildman–Crippen LogP) is 4.01. The van der Waals surface area contributed by atoms with E-state index in [0.29, 0.717) is 21.9 Å². The first-order valence-electron chi connectivity index (χ1n) is 9.61. The zero-order valence-corrected chi connectivity index (χ0v) is 18.2. The Bertz CT molecular complexity index is 1310. The number of fused-ring (bicyclic) bond motifs is 1. The number of carbonyl (C=O) groups is 1. The van der Waals surface area contributed by atoms with Crippen molar-refractivity contribution in [2.45, 2.75) is 11.7 Å². The van der Waals surface area contributed by atoms with Gasteiger partial charge in [-0.2, -0.15) is 0 Å². The van der Waals surface area contributed by atoms with Gasteiger partial charge in [-0.1, -0.05) is 78.3 Å². The third-order valence-corrected chi connectivity index (χ3v) is 6.50. The second-order valence-electron chi connectivity index (χ2n) is 6.74. The summed E-state index contributed by atoms with van der Waals surface area (Å²) in [5, 5.41) is 5.73. The summed E-state index contributed by atoms with van der Waals surface area (Å²) < 4.78 is 1.65. The van der Waals surface area contributed by atoms with Crippen LogP contribution in [0.3, 0.4) is 0 Å². The number of amides is 1. The number of thioether (sulfide) groups is 1. The standard InChI is InChI=1S/C24H19N3O2S2/c1-2-13-25-20(28)16-31-24-26-22-21(19(15-30-22)18-11-7-4-8-12-18)23(29)27(24)14-17-9-5-3-6-10-17/h1,3-12,15H,13-14,16H2,(H,25,28). The average Bonchev–Trinajstić information content (AvgIpc) is 3.24. The monoisotopic (exact) mass is 445 g/mol. The van der Waals surface area contributed by atoms with E-state index < -0.39 is 0 Å². The molecule has 1 N–H and O–H groups in total. The van der Waals surface area contributed by atoms with E-state index in [1.54, 1.807) is 4.57 Å². The highest BCUT2D eigenvalue weighted by Crippen LogP contribution is 2.32. The number of thiophene rings is 1. The maximum atomic E-state index is 13.6. The van der Waals surface area contributed by atoms with Crippen LogP contribution in [0.15, 0.2) is 76.0 Å². The van der Waals surface area contributed by atoms with Gasteiger partial charge in [0.15, 0.2) is 5.16 Å². The Morgan fingerprint density at radius 3 is 2.55 bits per heavy atom. The Morgan fingerprint density at radius 1 is 1.13 bits per heavy atom. The second kappa shape index (κ2) is 9.65. The Hall–Kier alpha value is -3.34. The molecule has 0 aliphatic rings. The van der Waals surface area contributed by atoms with Crippen LogP contribution in [0.1, 0.15) is 5.56 Å². The van der Waals surface area contributed by atoms with Crippen LogP contribution in [0.4, 0.5) is 0 Å². The zero-order chi connectivity index (χ0) is 21.6. The summed E-state index contributed by atoms with van der Waals surface area (Å²) in [4.78, 5) is 31.1. The average molecular weight is 446 g/mol. The smallest absolute Gasteiger partial charge is 0.263 e. The number of rotatable bonds is 7. The Balaban J connectivity index is 1.78. The van der Waals surface area contributed by atoms with E-state index in [9.17, 15) is 9.59 Å². The van der Waals surface area contributed by atoms with Crippen molar-refractivity contribution in [3.8, 4) is 23.5 Å². The quantitative estimate of drug-likeness (QED) is 0.265. The van der Waals surface area contributed by atoms with Crippen LogP contribution in [-0.2, 0) is 11.3 Å². The van der Waals surface area contributed by atoms with Crippen molar-refractivity contribution in [2.75, 3.05) is 12.3 Å². The first kappa shape index (κ1) is 20.9. The maximum absolute atomic E-state index is 13.6. The van der Waals surface area contributed by atoms with Crippen molar-refractivity contribution in [3.05, 3.63) is 82.0 Å². The molecule has 0 aliphatic heterocycles. The van der Waals surface area contributed by atoms with Gasteiger partial charge in [0.1, 0.15) is 4.83 Å². The Labute approximate surface area is 188 Å². The van der Waals surface area contributed by atoms with Gasteiger partial charge in [0.25, 0.3) is 5.56 Å². The molecule has 154 valence electrons. The molecule has 0 aliphatic carbocycles. The van der Waals surface area contributed by atoms with E-state index in [1.165, 1.54) is 23.1 Å². The molecule has 0 radical (unpaired) electrons. The molecular weight excluding hydrogens is 426 g/mol. The third-order valence-electron chi connectivity index (χ3n) is 4.65. The molecule has 0 saturated carbocycles. The molecule has 2 aromatic heterocycles. The van der Waals surface area contributed by atoms with Gasteiger partial charge in [-0.25, -0.2) is 4.98 Å². The molecule has 31 heavy (non-hydrogen) atoms. The van der Waals surface area contributed by atoms with E-state index in [1.807, 2.05) is 66.0 Å². The molecule has 0 bridgehead atoms. The zero-order valence-electron chi connectivity index (χ0n) is 16.6. The minimum absolute atomic E-state index is 0.111. The number of hydrogen-bond donors (Lipinski definition) is 1. The lowest BCUT2D eigenvalue weighted by molar-refractivity contribution is -0.118. The topological polar surface area (TPSA) is 64.0 Å². The number of nitrogens with one attached hydrogen (secondary N) is 1. The molecule has 2 heterocycles. The van der Waals surface area contributed by atoms with E-state index in [-0.39, 0.29) is 23.8 Å². The lowest BCUT2D eigenvalue weighted by atomic mass is 10.1. The van der Waals surface area contributed by atoms with Gasteiger partial charge in [-0.3, -0.25) is 14.2 Å². The lowest BCUT2D eigenvalue weighted by Gasteiger charge is -2.12. The van der Waals surface area contributed by atoms with Crippen molar-refractivity contribution in [1.29, 1.82) is 0 Å². The molecule has 0 fully saturated rings. The molecule has 7 heteroatoms. The predicted molar refractivity (Wildman–Crippen MR) is 127 cm³/mol. The van der Waals surface area contributed by atoms with E-state index in [2.05, 4.69) is 11.2 Å². The van der Waals surface area contributed by atoms with E-state index in [0.717, 1.165) is 16.7 Å². The van der Waals surface area contributed by atoms with Crippen LogP contribution in [0.2, 0.25) is 0 Å². The summed E-state index contributed by atoms with van der Waals surface area (Å²) in [6.07, 6.45) is 5.20. The minimum Gasteiger partial charge on any atom is -0.344 e. The van der Waals surface area contributed by atoms with Crippen LogP contribution >= 0.6 is 23.1 Å². The van der Waals surface area contributed by atoms with Gasteiger partial charge >= 0.3 is 0 Å². The number of aromatic nitrogens is 2. The fourth-order valence-electron chi connectivity index (χ4n) is 3.18. The van der Waals surface area contributed by atoms with Crippen molar-refractivity contribution >= 4 is 39.2 Å². The van der Waals surface area contributed by atoms with Crippen molar-refractivity contribution in [1.82, 2.24) is 14.9 Å². The molecule has 0 spiro atoms. The molecule has 5 nitrogen and oxygen atoms in total. The molecule has 0 atom stereocenters.